The molecule has 13 heavy (non-hydrogen) atoms. The molecule has 2 rings (SSSR count). The van der Waals surface area contributed by atoms with Gasteiger partial charge in [0.2, 0.25) is 0 Å². The van der Waals surface area contributed by atoms with Gasteiger partial charge in [-0.05, 0) is 30.2 Å². The average molecular weight is 194 g/mol. The number of benzene rings is 1. The smallest absolute Gasteiger partial charge is 0.194 e. The summed E-state index contributed by atoms with van der Waals surface area (Å²) in [5.74, 6) is 0.869. The van der Waals surface area contributed by atoms with Crippen LogP contribution in [-0.2, 0) is 11.2 Å². The highest BCUT2D eigenvalue weighted by Crippen LogP contribution is 2.33. The molecule has 0 unspecified atom stereocenters. The predicted molar refractivity (Wildman–Crippen MR) is 52.2 cm³/mol. The molecule has 0 radical (unpaired) electrons. The van der Waals surface area contributed by atoms with E-state index in [1.807, 2.05) is 18.2 Å². The second-order valence-corrected chi connectivity index (χ2v) is 4.05. The zero-order chi connectivity index (χ0) is 9.26. The average Bonchev–Trinajstić information content (AvgIpc) is 2.17. The molecule has 0 amide bonds. The molecular weight excluding hydrogens is 184 g/mol. The number of rotatable bonds is 1. The van der Waals surface area contributed by atoms with Crippen LogP contribution in [0.25, 0.3) is 0 Å². The minimum atomic E-state index is 0.262. The number of aryl methyl sites for hydroxylation is 1. The number of ether oxygens (including phenoxy) is 1. The molecule has 0 aromatic heterocycles. The van der Waals surface area contributed by atoms with Gasteiger partial charge in [-0.25, -0.2) is 0 Å². The summed E-state index contributed by atoms with van der Waals surface area (Å²) in [5, 5.41) is 0.262. The number of carbonyl (C=O) groups is 1. The summed E-state index contributed by atoms with van der Waals surface area (Å²) in [7, 11) is 1.66. The number of fused-ring (bicyclic) bond motifs is 1. The summed E-state index contributed by atoms with van der Waals surface area (Å²) in [4.78, 5) is 12.2. The first-order chi connectivity index (χ1) is 6.29. The van der Waals surface area contributed by atoms with Crippen LogP contribution in [0, 0.1) is 0 Å². The standard InChI is InChI=1S/C10H10O2S/c1-12-8-3-4-9-7(6-8)2-5-10(11)13-9/h3-4,6H,2,5H2,1H3. The Hall–Kier alpha value is -0.960. The van der Waals surface area contributed by atoms with Crippen molar-refractivity contribution >= 4 is 16.9 Å². The monoisotopic (exact) mass is 194 g/mol. The summed E-state index contributed by atoms with van der Waals surface area (Å²) in [6.45, 7) is 0. The lowest BCUT2D eigenvalue weighted by Crippen LogP contribution is -2.03. The van der Waals surface area contributed by atoms with Gasteiger partial charge in [-0.2, -0.15) is 0 Å². The van der Waals surface area contributed by atoms with Gasteiger partial charge in [0.1, 0.15) is 5.75 Å². The number of carbonyl (C=O) groups excluding carboxylic acids is 1. The highest BCUT2D eigenvalue weighted by atomic mass is 32.2. The quantitative estimate of drug-likeness (QED) is 0.686. The fourth-order valence-electron chi connectivity index (χ4n) is 1.39. The molecule has 0 atom stereocenters. The van der Waals surface area contributed by atoms with Crippen LogP contribution in [0.3, 0.4) is 0 Å². The third-order valence-corrected chi connectivity index (χ3v) is 3.14. The van der Waals surface area contributed by atoms with Gasteiger partial charge in [-0.3, -0.25) is 4.79 Å². The van der Waals surface area contributed by atoms with Gasteiger partial charge >= 0.3 is 0 Å². The highest BCUT2D eigenvalue weighted by molar-refractivity contribution is 8.13. The topological polar surface area (TPSA) is 26.3 Å². The van der Waals surface area contributed by atoms with E-state index in [2.05, 4.69) is 0 Å². The van der Waals surface area contributed by atoms with E-state index in [9.17, 15) is 4.79 Å². The van der Waals surface area contributed by atoms with E-state index in [0.717, 1.165) is 17.1 Å². The van der Waals surface area contributed by atoms with Crippen LogP contribution in [0.15, 0.2) is 23.1 Å². The lowest BCUT2D eigenvalue weighted by molar-refractivity contribution is -0.111. The van der Waals surface area contributed by atoms with E-state index in [-0.39, 0.29) is 5.12 Å². The molecule has 0 saturated carbocycles. The van der Waals surface area contributed by atoms with Gasteiger partial charge in [-0.1, -0.05) is 11.8 Å². The van der Waals surface area contributed by atoms with Crippen LogP contribution in [0.4, 0.5) is 0 Å². The van der Waals surface area contributed by atoms with Crippen molar-refractivity contribution in [2.45, 2.75) is 17.7 Å². The van der Waals surface area contributed by atoms with Crippen molar-refractivity contribution in [3.8, 4) is 5.75 Å². The molecule has 0 saturated heterocycles. The summed E-state index contributed by atoms with van der Waals surface area (Å²) in [5.41, 5.74) is 1.23. The SMILES string of the molecule is COc1ccc2c(c1)CCC(=O)S2. The Bertz CT molecular complexity index is 347. The first-order valence-corrected chi connectivity index (χ1v) is 4.99. The summed E-state index contributed by atoms with van der Waals surface area (Å²) in [6, 6.07) is 5.86. The van der Waals surface area contributed by atoms with Crippen LogP contribution in [-0.4, -0.2) is 12.2 Å². The third kappa shape index (κ3) is 1.70. The fraction of sp³-hybridized carbons (Fsp3) is 0.300. The first kappa shape index (κ1) is 8.63. The highest BCUT2D eigenvalue weighted by Gasteiger charge is 2.16. The van der Waals surface area contributed by atoms with Crippen LogP contribution in [0.5, 0.6) is 5.75 Å². The molecule has 1 aromatic carbocycles. The molecule has 3 heteroatoms. The third-order valence-electron chi connectivity index (χ3n) is 2.09. The minimum absolute atomic E-state index is 0.262. The largest absolute Gasteiger partial charge is 0.497 e. The van der Waals surface area contributed by atoms with Crippen LogP contribution < -0.4 is 4.74 Å². The molecule has 0 aliphatic carbocycles. The van der Waals surface area contributed by atoms with Crippen molar-refractivity contribution in [3.05, 3.63) is 23.8 Å². The van der Waals surface area contributed by atoms with E-state index >= 15 is 0 Å². The fourth-order valence-corrected chi connectivity index (χ4v) is 2.27. The van der Waals surface area contributed by atoms with Gasteiger partial charge in [0.05, 0.1) is 7.11 Å². The van der Waals surface area contributed by atoms with E-state index in [0.29, 0.717) is 6.42 Å². The lowest BCUT2D eigenvalue weighted by atomic mass is 10.1. The minimum Gasteiger partial charge on any atom is -0.497 e. The maximum Gasteiger partial charge on any atom is 0.194 e. The summed E-state index contributed by atoms with van der Waals surface area (Å²) in [6.07, 6.45) is 1.49. The molecule has 1 aliphatic heterocycles. The van der Waals surface area contributed by atoms with Crippen LogP contribution in [0.2, 0.25) is 0 Å². The second kappa shape index (κ2) is 3.42. The molecule has 1 aromatic rings. The molecule has 68 valence electrons. The summed E-state index contributed by atoms with van der Waals surface area (Å²) >= 11 is 1.34. The number of thioether (sulfide) groups is 1. The molecular formula is C10H10O2S. The van der Waals surface area contributed by atoms with Crippen molar-refractivity contribution in [1.82, 2.24) is 0 Å². The van der Waals surface area contributed by atoms with Crippen molar-refractivity contribution in [1.29, 1.82) is 0 Å². The molecule has 0 N–H and O–H groups in total. The van der Waals surface area contributed by atoms with Crippen molar-refractivity contribution < 1.29 is 9.53 Å². The van der Waals surface area contributed by atoms with Gasteiger partial charge in [-0.15, -0.1) is 0 Å². The maximum absolute atomic E-state index is 11.1. The molecule has 0 spiro atoms. The van der Waals surface area contributed by atoms with Gasteiger partial charge in [0.25, 0.3) is 0 Å². The Balaban J connectivity index is 2.36. The van der Waals surface area contributed by atoms with Crippen LogP contribution >= 0.6 is 11.8 Å². The second-order valence-electron chi connectivity index (χ2n) is 2.95. The van der Waals surface area contributed by atoms with Gasteiger partial charge in [0, 0.05) is 11.3 Å². The number of hydrogen-bond donors (Lipinski definition) is 0. The summed E-state index contributed by atoms with van der Waals surface area (Å²) < 4.78 is 5.11. The Morgan fingerprint density at radius 3 is 3.00 bits per heavy atom. The lowest BCUT2D eigenvalue weighted by Gasteiger charge is -2.14. The number of hydrogen-bond acceptors (Lipinski definition) is 3. The molecule has 1 heterocycles. The molecule has 0 bridgehead atoms. The Morgan fingerprint density at radius 1 is 1.38 bits per heavy atom. The maximum atomic E-state index is 11.1. The van der Waals surface area contributed by atoms with Gasteiger partial charge in [0.15, 0.2) is 5.12 Å². The van der Waals surface area contributed by atoms with E-state index < -0.39 is 0 Å². The van der Waals surface area contributed by atoms with Crippen molar-refractivity contribution in [2.24, 2.45) is 0 Å². The van der Waals surface area contributed by atoms with Crippen molar-refractivity contribution in [3.63, 3.8) is 0 Å². The Labute approximate surface area is 81.3 Å². The van der Waals surface area contributed by atoms with E-state index in [1.165, 1.54) is 17.3 Å². The Morgan fingerprint density at radius 2 is 2.23 bits per heavy atom. The zero-order valence-corrected chi connectivity index (χ0v) is 8.19. The molecule has 1 aliphatic rings. The normalized spacial score (nSPS) is 15.3. The number of methoxy groups -OCH3 is 1. The zero-order valence-electron chi connectivity index (χ0n) is 7.37. The van der Waals surface area contributed by atoms with Gasteiger partial charge < -0.3 is 4.74 Å². The first-order valence-electron chi connectivity index (χ1n) is 4.17. The molecule has 2 nitrogen and oxygen atoms in total. The van der Waals surface area contributed by atoms with Crippen LogP contribution in [0.1, 0.15) is 12.0 Å². The Kier molecular flexibility index (Phi) is 2.27. The van der Waals surface area contributed by atoms with E-state index in [4.69, 9.17) is 4.74 Å². The van der Waals surface area contributed by atoms with Crippen molar-refractivity contribution in [2.75, 3.05) is 7.11 Å². The predicted octanol–water partition coefficient (Wildman–Crippen LogP) is 2.26. The molecule has 0 fully saturated rings. The van der Waals surface area contributed by atoms with E-state index in [1.54, 1.807) is 7.11 Å².